The fourth-order valence-corrected chi connectivity index (χ4v) is 1.81. The number of carbonyl (C=O) groups is 1. The van der Waals surface area contributed by atoms with Gasteiger partial charge in [-0.15, -0.1) is 0 Å². The lowest BCUT2D eigenvalue weighted by Gasteiger charge is -2.05. The first-order valence-corrected chi connectivity index (χ1v) is 7.25. The van der Waals surface area contributed by atoms with E-state index in [4.69, 9.17) is 4.74 Å². The van der Waals surface area contributed by atoms with E-state index in [1.54, 1.807) is 13.2 Å². The molecule has 100 valence electrons. The van der Waals surface area contributed by atoms with Crippen LogP contribution in [0.4, 0.5) is 0 Å². The number of ether oxygens (including phenoxy) is 1. The van der Waals surface area contributed by atoms with E-state index in [0.29, 0.717) is 18.9 Å². The predicted octanol–water partition coefficient (Wildman–Crippen LogP) is 2.76. The van der Waals surface area contributed by atoms with Gasteiger partial charge in [-0.3, -0.25) is 4.79 Å². The van der Waals surface area contributed by atoms with Crippen molar-refractivity contribution >= 4 is 28.5 Å². The molecule has 0 spiro atoms. The lowest BCUT2D eigenvalue weighted by molar-refractivity contribution is -0.120. The van der Waals surface area contributed by atoms with Crippen LogP contribution in [0, 0.1) is 3.57 Å². The molecular formula is C13H19IN2O2. The van der Waals surface area contributed by atoms with Crippen LogP contribution in [0.1, 0.15) is 32.1 Å². The number of hydrogen-bond acceptors (Lipinski definition) is 3. The summed E-state index contributed by atoms with van der Waals surface area (Å²) in [6, 6.07) is 3.86. The van der Waals surface area contributed by atoms with Crippen LogP contribution in [-0.2, 0) is 4.79 Å². The Labute approximate surface area is 122 Å². The summed E-state index contributed by atoms with van der Waals surface area (Å²) in [5.74, 6) is 0.801. The molecule has 0 aliphatic carbocycles. The highest BCUT2D eigenvalue weighted by atomic mass is 127. The van der Waals surface area contributed by atoms with Gasteiger partial charge in [0, 0.05) is 29.3 Å². The Morgan fingerprint density at radius 2 is 2.11 bits per heavy atom. The summed E-state index contributed by atoms with van der Waals surface area (Å²) >= 11 is 2.21. The SMILES string of the molecule is CNC(=O)CCCCCCOc1ccc(I)cn1. The maximum atomic E-state index is 11.0. The Morgan fingerprint density at radius 1 is 1.33 bits per heavy atom. The van der Waals surface area contributed by atoms with Crippen molar-refractivity contribution in [2.75, 3.05) is 13.7 Å². The molecule has 0 bridgehead atoms. The molecule has 0 saturated heterocycles. The van der Waals surface area contributed by atoms with Crippen molar-refractivity contribution in [1.29, 1.82) is 0 Å². The van der Waals surface area contributed by atoms with Gasteiger partial charge in [0.05, 0.1) is 6.61 Å². The standard InChI is InChI=1S/C13H19IN2O2/c1-15-12(17)6-4-2-3-5-9-18-13-8-7-11(14)10-16-13/h7-8,10H,2-6,9H2,1H3,(H,15,17). The molecule has 0 unspecified atom stereocenters. The van der Waals surface area contributed by atoms with E-state index in [1.165, 1.54) is 0 Å². The van der Waals surface area contributed by atoms with Crippen LogP contribution < -0.4 is 10.1 Å². The third kappa shape index (κ3) is 6.78. The molecule has 1 N–H and O–H groups in total. The van der Waals surface area contributed by atoms with E-state index in [0.717, 1.165) is 29.3 Å². The summed E-state index contributed by atoms with van der Waals surface area (Å²) in [6.07, 6.45) is 6.51. The van der Waals surface area contributed by atoms with Crippen LogP contribution in [0.3, 0.4) is 0 Å². The van der Waals surface area contributed by atoms with E-state index < -0.39 is 0 Å². The van der Waals surface area contributed by atoms with Gasteiger partial charge >= 0.3 is 0 Å². The maximum Gasteiger partial charge on any atom is 0.219 e. The zero-order chi connectivity index (χ0) is 13.2. The highest BCUT2D eigenvalue weighted by Gasteiger charge is 1.98. The minimum atomic E-state index is 0.120. The molecule has 1 aromatic rings. The first-order chi connectivity index (χ1) is 8.72. The van der Waals surface area contributed by atoms with Crippen LogP contribution in [-0.4, -0.2) is 24.5 Å². The van der Waals surface area contributed by atoms with Gasteiger partial charge in [-0.1, -0.05) is 12.8 Å². The first-order valence-electron chi connectivity index (χ1n) is 6.17. The van der Waals surface area contributed by atoms with E-state index in [9.17, 15) is 4.79 Å². The van der Waals surface area contributed by atoms with E-state index in [-0.39, 0.29) is 5.91 Å². The average Bonchev–Trinajstić information content (AvgIpc) is 2.39. The number of nitrogens with zero attached hydrogens (tertiary/aromatic N) is 1. The normalized spacial score (nSPS) is 10.1. The molecule has 0 fully saturated rings. The molecule has 0 aliphatic rings. The van der Waals surface area contributed by atoms with Crippen LogP contribution in [0.15, 0.2) is 18.3 Å². The second-order valence-corrected chi connectivity index (χ2v) is 5.25. The van der Waals surface area contributed by atoms with Crippen molar-refractivity contribution in [2.24, 2.45) is 0 Å². The number of nitrogens with one attached hydrogen (secondary N) is 1. The second-order valence-electron chi connectivity index (χ2n) is 4.00. The Bertz CT molecular complexity index is 355. The van der Waals surface area contributed by atoms with Gasteiger partial charge < -0.3 is 10.1 Å². The van der Waals surface area contributed by atoms with Gasteiger partial charge in [0.15, 0.2) is 0 Å². The van der Waals surface area contributed by atoms with Gasteiger partial charge in [0.2, 0.25) is 11.8 Å². The van der Waals surface area contributed by atoms with Crippen molar-refractivity contribution in [2.45, 2.75) is 32.1 Å². The lowest BCUT2D eigenvalue weighted by atomic mass is 10.1. The predicted molar refractivity (Wildman–Crippen MR) is 79.6 cm³/mol. The van der Waals surface area contributed by atoms with Crippen molar-refractivity contribution in [1.82, 2.24) is 10.3 Å². The number of unbranched alkanes of at least 4 members (excludes halogenated alkanes) is 3. The molecule has 4 nitrogen and oxygen atoms in total. The topological polar surface area (TPSA) is 51.2 Å². The van der Waals surface area contributed by atoms with Crippen LogP contribution >= 0.6 is 22.6 Å². The molecule has 18 heavy (non-hydrogen) atoms. The quantitative estimate of drug-likeness (QED) is 0.572. The summed E-state index contributed by atoms with van der Waals surface area (Å²) in [5, 5.41) is 2.62. The molecule has 0 aromatic carbocycles. The zero-order valence-corrected chi connectivity index (χ0v) is 12.8. The van der Waals surface area contributed by atoms with Crippen LogP contribution in [0.25, 0.3) is 0 Å². The third-order valence-corrected chi connectivity index (χ3v) is 3.17. The Kier molecular flexibility index (Phi) is 7.71. The minimum Gasteiger partial charge on any atom is -0.478 e. The van der Waals surface area contributed by atoms with Gasteiger partial charge in [-0.25, -0.2) is 4.98 Å². The lowest BCUT2D eigenvalue weighted by Crippen LogP contribution is -2.16. The number of hydrogen-bond donors (Lipinski definition) is 1. The number of carbonyl (C=O) groups excluding carboxylic acids is 1. The second kappa shape index (κ2) is 9.13. The largest absolute Gasteiger partial charge is 0.478 e. The molecule has 0 saturated carbocycles. The van der Waals surface area contributed by atoms with Crippen LogP contribution in [0.2, 0.25) is 0 Å². The molecule has 1 amide bonds. The molecule has 1 heterocycles. The molecule has 1 rings (SSSR count). The zero-order valence-electron chi connectivity index (χ0n) is 10.6. The van der Waals surface area contributed by atoms with Crippen molar-refractivity contribution < 1.29 is 9.53 Å². The number of aromatic nitrogens is 1. The highest BCUT2D eigenvalue weighted by Crippen LogP contribution is 2.10. The molecule has 5 heteroatoms. The fourth-order valence-electron chi connectivity index (χ4n) is 1.49. The average molecular weight is 362 g/mol. The van der Waals surface area contributed by atoms with Gasteiger partial charge in [-0.05, 0) is 41.5 Å². The first kappa shape index (κ1) is 15.2. The summed E-state index contributed by atoms with van der Waals surface area (Å²) < 4.78 is 6.62. The van der Waals surface area contributed by atoms with E-state index >= 15 is 0 Å². The fraction of sp³-hybridized carbons (Fsp3) is 0.538. The van der Waals surface area contributed by atoms with Crippen molar-refractivity contribution in [3.05, 3.63) is 21.9 Å². The van der Waals surface area contributed by atoms with Crippen molar-refractivity contribution in [3.63, 3.8) is 0 Å². The van der Waals surface area contributed by atoms with Gasteiger partial charge in [-0.2, -0.15) is 0 Å². The number of halogens is 1. The summed E-state index contributed by atoms with van der Waals surface area (Å²) in [5.41, 5.74) is 0. The number of pyridine rings is 1. The summed E-state index contributed by atoms with van der Waals surface area (Å²) in [7, 11) is 1.67. The van der Waals surface area contributed by atoms with E-state index in [1.807, 2.05) is 12.1 Å². The third-order valence-electron chi connectivity index (χ3n) is 2.53. The maximum absolute atomic E-state index is 11.0. The summed E-state index contributed by atoms with van der Waals surface area (Å²) in [6.45, 7) is 0.688. The van der Waals surface area contributed by atoms with Crippen LogP contribution in [0.5, 0.6) is 5.88 Å². The minimum absolute atomic E-state index is 0.120. The molecule has 0 atom stereocenters. The number of amides is 1. The molecule has 0 aliphatic heterocycles. The molecule has 0 radical (unpaired) electrons. The van der Waals surface area contributed by atoms with Gasteiger partial charge in [0.25, 0.3) is 0 Å². The number of rotatable bonds is 8. The van der Waals surface area contributed by atoms with Gasteiger partial charge in [0.1, 0.15) is 0 Å². The molecule has 1 aromatic heterocycles. The van der Waals surface area contributed by atoms with E-state index in [2.05, 4.69) is 32.9 Å². The molecular weight excluding hydrogens is 343 g/mol. The Balaban J connectivity index is 1.99. The van der Waals surface area contributed by atoms with Crippen molar-refractivity contribution in [3.8, 4) is 5.88 Å². The summed E-state index contributed by atoms with van der Waals surface area (Å²) in [4.78, 5) is 15.1. The Hall–Kier alpha value is -0.850. The monoisotopic (exact) mass is 362 g/mol. The highest BCUT2D eigenvalue weighted by molar-refractivity contribution is 14.1. The Morgan fingerprint density at radius 3 is 2.78 bits per heavy atom. The smallest absolute Gasteiger partial charge is 0.219 e.